The molecule has 6 nitrogen and oxygen atoms in total. The number of amides is 2. The van der Waals surface area contributed by atoms with Gasteiger partial charge in [-0.3, -0.25) is 14.6 Å². The molecule has 0 bridgehead atoms. The van der Waals surface area contributed by atoms with Crippen LogP contribution in [0.2, 0.25) is 0 Å². The van der Waals surface area contributed by atoms with Gasteiger partial charge in [-0.15, -0.1) is 0 Å². The lowest BCUT2D eigenvalue weighted by molar-refractivity contribution is -0.130. The lowest BCUT2D eigenvalue weighted by atomic mass is 9.82. The van der Waals surface area contributed by atoms with Crippen LogP contribution < -0.4 is 10.6 Å². The molecule has 0 aliphatic heterocycles. The quantitative estimate of drug-likeness (QED) is 0.579. The number of fused-ring (bicyclic) bond motifs is 1. The van der Waals surface area contributed by atoms with Crippen molar-refractivity contribution >= 4 is 28.4 Å². The third-order valence-corrected chi connectivity index (χ3v) is 6.05. The Morgan fingerprint density at radius 1 is 1.13 bits per heavy atom. The van der Waals surface area contributed by atoms with E-state index < -0.39 is 6.04 Å². The molecule has 0 spiro atoms. The maximum absolute atomic E-state index is 13.1. The van der Waals surface area contributed by atoms with Crippen LogP contribution in [0.25, 0.3) is 10.9 Å². The van der Waals surface area contributed by atoms with Gasteiger partial charge >= 0.3 is 0 Å². The highest BCUT2D eigenvalue weighted by atomic mass is 16.2. The Labute approximate surface area is 176 Å². The Morgan fingerprint density at radius 3 is 2.70 bits per heavy atom. The summed E-state index contributed by atoms with van der Waals surface area (Å²) in [6.45, 7) is 2.23. The van der Waals surface area contributed by atoms with Gasteiger partial charge < -0.3 is 15.6 Å². The minimum absolute atomic E-state index is 0.0159. The van der Waals surface area contributed by atoms with E-state index in [0.29, 0.717) is 18.0 Å². The highest BCUT2D eigenvalue weighted by molar-refractivity contribution is 5.98. The predicted molar refractivity (Wildman–Crippen MR) is 118 cm³/mol. The van der Waals surface area contributed by atoms with Crippen molar-refractivity contribution in [3.8, 4) is 0 Å². The van der Waals surface area contributed by atoms with Crippen LogP contribution in [0.15, 0.2) is 55.0 Å². The lowest BCUT2D eigenvalue weighted by Gasteiger charge is -2.27. The molecule has 2 heterocycles. The van der Waals surface area contributed by atoms with Gasteiger partial charge in [0.25, 0.3) is 0 Å². The average Bonchev–Trinajstić information content (AvgIpc) is 3.17. The van der Waals surface area contributed by atoms with Gasteiger partial charge in [0.15, 0.2) is 0 Å². The number of para-hydroxylation sites is 1. The molecule has 4 rings (SSSR count). The molecule has 2 aromatic heterocycles. The molecule has 1 atom stereocenters. The van der Waals surface area contributed by atoms with Gasteiger partial charge in [0.2, 0.25) is 11.8 Å². The number of benzene rings is 1. The number of hydrogen-bond donors (Lipinski definition) is 3. The van der Waals surface area contributed by atoms with Gasteiger partial charge in [-0.05, 0) is 55.4 Å². The van der Waals surface area contributed by atoms with Crippen molar-refractivity contribution in [3.05, 3.63) is 60.6 Å². The first kappa shape index (κ1) is 20.1. The fourth-order valence-electron chi connectivity index (χ4n) is 4.21. The van der Waals surface area contributed by atoms with Crippen LogP contribution in [-0.2, 0) is 16.0 Å². The molecule has 3 N–H and O–H groups in total. The van der Waals surface area contributed by atoms with Crippen LogP contribution in [0.1, 0.15) is 38.2 Å². The van der Waals surface area contributed by atoms with E-state index >= 15 is 0 Å². The number of aromatic nitrogens is 2. The Kier molecular flexibility index (Phi) is 6.12. The number of carbonyl (C=O) groups excluding carboxylic acids is 2. The van der Waals surface area contributed by atoms with Crippen molar-refractivity contribution < 1.29 is 9.59 Å². The molecule has 30 heavy (non-hydrogen) atoms. The number of nitrogens with zero attached hydrogens (tertiary/aromatic N) is 1. The van der Waals surface area contributed by atoms with Crippen molar-refractivity contribution in [1.82, 2.24) is 15.3 Å². The topological polar surface area (TPSA) is 86.9 Å². The van der Waals surface area contributed by atoms with Crippen molar-refractivity contribution in [3.63, 3.8) is 0 Å². The van der Waals surface area contributed by atoms with Gasteiger partial charge in [0.1, 0.15) is 6.04 Å². The minimum Gasteiger partial charge on any atom is -0.361 e. The first-order valence-electron chi connectivity index (χ1n) is 10.7. The summed E-state index contributed by atoms with van der Waals surface area (Å²) in [6.07, 6.45) is 9.50. The zero-order valence-electron chi connectivity index (χ0n) is 17.2. The summed E-state index contributed by atoms with van der Waals surface area (Å²) in [5.41, 5.74) is 2.65. The molecule has 0 radical (unpaired) electrons. The lowest BCUT2D eigenvalue weighted by Crippen LogP contribution is -2.47. The standard InChI is InChI=1S/C24H28N4O2/c1-16-8-10-17(11-9-16)23(29)28-22(24(30)27-19-5-4-12-25-15-19)13-18-14-26-21-7-3-2-6-20(18)21/h2-7,12,14-17,22,26H,8-11,13H2,1H3,(H,27,30)(H,28,29). The van der Waals surface area contributed by atoms with Crippen LogP contribution in [-0.4, -0.2) is 27.8 Å². The van der Waals surface area contributed by atoms with E-state index in [1.165, 1.54) is 0 Å². The maximum Gasteiger partial charge on any atom is 0.247 e. The second-order valence-electron chi connectivity index (χ2n) is 8.31. The Bertz CT molecular complexity index is 1010. The monoisotopic (exact) mass is 404 g/mol. The SMILES string of the molecule is CC1CCC(C(=O)NC(Cc2c[nH]c3ccccc23)C(=O)Nc2cccnc2)CC1. The molecule has 2 amide bonds. The maximum atomic E-state index is 13.1. The number of anilines is 1. The summed E-state index contributed by atoms with van der Waals surface area (Å²) in [4.78, 5) is 33.3. The smallest absolute Gasteiger partial charge is 0.247 e. The number of hydrogen-bond acceptors (Lipinski definition) is 3. The molecule has 1 fully saturated rings. The van der Waals surface area contributed by atoms with Gasteiger partial charge in [-0.2, -0.15) is 0 Å². The molecule has 1 aromatic carbocycles. The highest BCUT2D eigenvalue weighted by Gasteiger charge is 2.29. The molecular formula is C24H28N4O2. The average molecular weight is 405 g/mol. The van der Waals surface area contributed by atoms with Crippen molar-refractivity contribution in [2.75, 3.05) is 5.32 Å². The van der Waals surface area contributed by atoms with E-state index in [1.54, 1.807) is 24.5 Å². The number of pyridine rings is 1. The third kappa shape index (κ3) is 4.70. The molecule has 6 heteroatoms. The van der Waals surface area contributed by atoms with Crippen LogP contribution >= 0.6 is 0 Å². The summed E-state index contributed by atoms with van der Waals surface area (Å²) in [5.74, 6) is 0.404. The normalized spacial score (nSPS) is 19.9. The number of aromatic amines is 1. The van der Waals surface area contributed by atoms with E-state index in [4.69, 9.17) is 0 Å². The molecule has 156 valence electrons. The largest absolute Gasteiger partial charge is 0.361 e. The molecule has 3 aromatic rings. The molecule has 1 unspecified atom stereocenters. The van der Waals surface area contributed by atoms with Crippen LogP contribution in [0.4, 0.5) is 5.69 Å². The highest BCUT2D eigenvalue weighted by Crippen LogP contribution is 2.28. The van der Waals surface area contributed by atoms with Gasteiger partial charge in [0.05, 0.1) is 11.9 Å². The molecule has 1 aliphatic rings. The second-order valence-corrected chi connectivity index (χ2v) is 8.31. The molecule has 1 saturated carbocycles. The van der Waals surface area contributed by atoms with Crippen molar-refractivity contribution in [2.45, 2.75) is 45.1 Å². The van der Waals surface area contributed by atoms with Gasteiger partial charge in [0, 0.05) is 35.6 Å². The number of H-pyrrole nitrogens is 1. The van der Waals surface area contributed by atoms with Crippen molar-refractivity contribution in [1.29, 1.82) is 0 Å². The van der Waals surface area contributed by atoms with E-state index in [9.17, 15) is 9.59 Å². The Balaban J connectivity index is 1.52. The second kappa shape index (κ2) is 9.11. The van der Waals surface area contributed by atoms with E-state index in [2.05, 4.69) is 27.5 Å². The van der Waals surface area contributed by atoms with Crippen molar-refractivity contribution in [2.24, 2.45) is 11.8 Å². The zero-order chi connectivity index (χ0) is 20.9. The fourth-order valence-corrected chi connectivity index (χ4v) is 4.21. The van der Waals surface area contributed by atoms with E-state index in [1.807, 2.05) is 30.5 Å². The third-order valence-electron chi connectivity index (χ3n) is 6.05. The van der Waals surface area contributed by atoms with Crippen LogP contribution in [0, 0.1) is 11.8 Å². The van der Waals surface area contributed by atoms with E-state index in [-0.39, 0.29) is 17.7 Å². The summed E-state index contributed by atoms with van der Waals surface area (Å²) in [7, 11) is 0. The molecule has 0 saturated heterocycles. The summed E-state index contributed by atoms with van der Waals surface area (Å²) in [5, 5.41) is 7.00. The van der Waals surface area contributed by atoms with Gasteiger partial charge in [-0.1, -0.05) is 25.1 Å². The predicted octanol–water partition coefficient (Wildman–Crippen LogP) is 4.06. The summed E-state index contributed by atoms with van der Waals surface area (Å²) >= 11 is 0. The summed E-state index contributed by atoms with van der Waals surface area (Å²) < 4.78 is 0. The fraction of sp³-hybridized carbons (Fsp3) is 0.375. The number of nitrogens with one attached hydrogen (secondary N) is 3. The first-order chi connectivity index (χ1) is 14.6. The molecule has 1 aliphatic carbocycles. The first-order valence-corrected chi connectivity index (χ1v) is 10.7. The summed E-state index contributed by atoms with van der Waals surface area (Å²) in [6, 6.07) is 10.9. The minimum atomic E-state index is -0.656. The van der Waals surface area contributed by atoms with Crippen LogP contribution in [0.3, 0.4) is 0 Å². The molecular weight excluding hydrogens is 376 g/mol. The Hall–Kier alpha value is -3.15. The van der Waals surface area contributed by atoms with E-state index in [0.717, 1.165) is 42.1 Å². The zero-order valence-corrected chi connectivity index (χ0v) is 17.2. The van der Waals surface area contributed by atoms with Crippen LogP contribution in [0.5, 0.6) is 0 Å². The number of carbonyl (C=O) groups is 2. The number of rotatable bonds is 6. The Morgan fingerprint density at radius 2 is 1.93 bits per heavy atom. The van der Waals surface area contributed by atoms with Gasteiger partial charge in [-0.25, -0.2) is 0 Å².